The minimum Gasteiger partial charge on any atom is -0.508 e. The van der Waals surface area contributed by atoms with E-state index in [1.807, 2.05) is 43.0 Å². The zero-order valence-corrected chi connectivity index (χ0v) is 33.2. The van der Waals surface area contributed by atoms with Crippen LogP contribution >= 0.6 is 0 Å². The number of aromatic hydroxyl groups is 1. The van der Waals surface area contributed by atoms with Gasteiger partial charge in [0, 0.05) is 44.0 Å². The predicted molar refractivity (Wildman–Crippen MR) is 215 cm³/mol. The first kappa shape index (κ1) is 40.7. The molecule has 4 fully saturated rings. The molecule has 3 aromatic heterocycles. The third kappa shape index (κ3) is 10.9. The van der Waals surface area contributed by atoms with Gasteiger partial charge in [-0.1, -0.05) is 57.2 Å². The Morgan fingerprint density at radius 3 is 1.95 bits per heavy atom. The number of carboxylic acids is 1. The smallest absolute Gasteiger partial charge is 0.314 e. The number of amides is 1. The third-order valence-electron chi connectivity index (χ3n) is 10.7. The molecule has 1 amide bonds. The van der Waals surface area contributed by atoms with Crippen LogP contribution in [0.4, 0.5) is 5.82 Å². The van der Waals surface area contributed by atoms with Gasteiger partial charge in [-0.2, -0.15) is 0 Å². The lowest BCUT2D eigenvalue weighted by molar-refractivity contribution is -0.139. The Hall–Kier alpha value is -5.92. The molecule has 4 aliphatic rings. The highest BCUT2D eigenvalue weighted by Gasteiger charge is 2.43. The molecule has 14 nitrogen and oxygen atoms in total. The fraction of sp³-hybridized carbons (Fsp3) is 0.442. The van der Waals surface area contributed by atoms with Crippen LogP contribution < -0.4 is 10.1 Å². The van der Waals surface area contributed by atoms with Crippen molar-refractivity contribution in [1.29, 1.82) is 0 Å². The number of hydrogen-bond donors (Lipinski definition) is 3. The maximum absolute atomic E-state index is 12.5. The minimum absolute atomic E-state index is 0.0139. The first-order chi connectivity index (χ1) is 27.4. The number of aromatic nitrogens is 6. The topological polar surface area (TPSA) is 186 Å². The SMILES string of the molecule is CC1CC1C(=O)O.CCn1c(-c2cnc(C)nc2)nc2c(N[C@H]3CCN(C(=O)[C@@H]4C[C@H]4C)C3)ncnc21.C[C@@H]1C[C@H]1C(=O)Oc1ccccc1.Oc1ccccc1. The number of aliphatic carboxylic acids is 1. The number of phenols is 1. The Bertz CT molecular complexity index is 2130. The zero-order valence-electron chi connectivity index (χ0n) is 33.2. The number of anilines is 1. The van der Waals surface area contributed by atoms with Gasteiger partial charge < -0.3 is 29.7 Å². The van der Waals surface area contributed by atoms with Crippen molar-refractivity contribution < 1.29 is 29.3 Å². The van der Waals surface area contributed by atoms with Crippen LogP contribution in [0, 0.1) is 42.4 Å². The molecule has 3 N–H and O–H groups in total. The van der Waals surface area contributed by atoms with Gasteiger partial charge >= 0.3 is 11.9 Å². The average Bonchev–Trinajstić information content (AvgIpc) is 4.16. The van der Waals surface area contributed by atoms with Gasteiger partial charge in [-0.05, 0) is 81.5 Å². The van der Waals surface area contributed by atoms with Crippen molar-refractivity contribution in [3.05, 3.63) is 85.2 Å². The van der Waals surface area contributed by atoms with E-state index < -0.39 is 5.97 Å². The van der Waals surface area contributed by atoms with Crippen LogP contribution in [0.3, 0.4) is 0 Å². The molecule has 9 rings (SSSR count). The molecule has 57 heavy (non-hydrogen) atoms. The summed E-state index contributed by atoms with van der Waals surface area (Å²) in [7, 11) is 0. The summed E-state index contributed by atoms with van der Waals surface area (Å²) in [6.07, 6.45) is 8.94. The van der Waals surface area contributed by atoms with E-state index in [9.17, 15) is 14.4 Å². The number of phenolic OH excluding ortho intramolecular Hbond substituents is 1. The Morgan fingerprint density at radius 2 is 1.44 bits per heavy atom. The van der Waals surface area contributed by atoms with Crippen molar-refractivity contribution in [2.24, 2.45) is 35.5 Å². The number of rotatable bonds is 8. The van der Waals surface area contributed by atoms with Crippen LogP contribution in [-0.4, -0.2) is 81.6 Å². The molecule has 0 bridgehead atoms. The number of likely N-dealkylation sites (tertiary alicyclic amines) is 1. The number of nitrogens with one attached hydrogen (secondary N) is 1. The molecule has 3 saturated carbocycles. The van der Waals surface area contributed by atoms with Gasteiger partial charge in [-0.15, -0.1) is 0 Å². The van der Waals surface area contributed by atoms with Crippen molar-refractivity contribution in [2.75, 3.05) is 18.4 Å². The van der Waals surface area contributed by atoms with Crippen LogP contribution in [0.25, 0.3) is 22.6 Å². The van der Waals surface area contributed by atoms with Gasteiger partial charge in [0.1, 0.15) is 29.5 Å². The molecule has 0 spiro atoms. The lowest BCUT2D eigenvalue weighted by Crippen LogP contribution is -2.33. The first-order valence-corrected chi connectivity index (χ1v) is 19.7. The fourth-order valence-corrected chi connectivity index (χ4v) is 6.67. The highest BCUT2D eigenvalue weighted by molar-refractivity contribution is 5.87. The van der Waals surface area contributed by atoms with Crippen LogP contribution in [0.5, 0.6) is 11.5 Å². The van der Waals surface area contributed by atoms with Gasteiger partial charge in [0.05, 0.1) is 17.4 Å². The highest BCUT2D eigenvalue weighted by atomic mass is 16.5. The highest BCUT2D eigenvalue weighted by Crippen LogP contribution is 2.40. The number of para-hydroxylation sites is 2. The number of aryl methyl sites for hydroxylation is 2. The maximum Gasteiger partial charge on any atom is 0.314 e. The molecule has 14 heteroatoms. The van der Waals surface area contributed by atoms with Crippen molar-refractivity contribution >= 4 is 34.8 Å². The van der Waals surface area contributed by atoms with E-state index >= 15 is 0 Å². The number of imidazole rings is 1. The Balaban J connectivity index is 0.000000165. The van der Waals surface area contributed by atoms with E-state index in [0.717, 1.165) is 67.1 Å². The average molecular weight is 777 g/mol. The molecule has 300 valence electrons. The Labute approximate surface area is 332 Å². The summed E-state index contributed by atoms with van der Waals surface area (Å²) < 4.78 is 7.22. The minimum atomic E-state index is -0.632. The summed E-state index contributed by atoms with van der Waals surface area (Å²) >= 11 is 0. The number of carbonyl (C=O) groups is 3. The number of hydrogen-bond acceptors (Lipinski definition) is 11. The Kier molecular flexibility index (Phi) is 13.1. The van der Waals surface area contributed by atoms with E-state index in [-0.39, 0.29) is 29.8 Å². The molecule has 1 saturated heterocycles. The van der Waals surface area contributed by atoms with Gasteiger partial charge in [0.25, 0.3) is 0 Å². The van der Waals surface area contributed by atoms with Gasteiger partial charge in [-0.3, -0.25) is 14.4 Å². The number of benzene rings is 2. The van der Waals surface area contributed by atoms with Crippen molar-refractivity contribution in [3.8, 4) is 22.9 Å². The number of carbonyl (C=O) groups excluding carboxylic acids is 2. The quantitative estimate of drug-likeness (QED) is 0.113. The second-order valence-electron chi connectivity index (χ2n) is 15.4. The van der Waals surface area contributed by atoms with E-state index in [1.54, 1.807) is 55.1 Å². The summed E-state index contributed by atoms with van der Waals surface area (Å²) in [5.41, 5.74) is 2.36. The lowest BCUT2D eigenvalue weighted by atomic mass is 10.2. The Morgan fingerprint density at radius 1 is 0.842 bits per heavy atom. The summed E-state index contributed by atoms with van der Waals surface area (Å²) in [4.78, 5) is 58.3. The van der Waals surface area contributed by atoms with Crippen molar-refractivity contribution in [3.63, 3.8) is 0 Å². The second-order valence-corrected chi connectivity index (χ2v) is 15.4. The van der Waals surface area contributed by atoms with Gasteiger partial charge in [0.2, 0.25) is 5.91 Å². The molecular weight excluding hydrogens is 725 g/mol. The summed E-state index contributed by atoms with van der Waals surface area (Å²) in [6.45, 7) is 12.3. The van der Waals surface area contributed by atoms with E-state index in [0.29, 0.717) is 47.5 Å². The summed E-state index contributed by atoms with van der Waals surface area (Å²) in [6, 6.07) is 18.1. The van der Waals surface area contributed by atoms with E-state index in [2.05, 4.69) is 50.6 Å². The first-order valence-electron chi connectivity index (χ1n) is 19.7. The lowest BCUT2D eigenvalue weighted by Gasteiger charge is -2.17. The van der Waals surface area contributed by atoms with E-state index in [4.69, 9.17) is 19.9 Å². The molecule has 5 aromatic rings. The molecule has 2 aromatic carbocycles. The summed E-state index contributed by atoms with van der Waals surface area (Å²) in [5.74, 6) is 4.61. The standard InChI is InChI=1S/C21H26N8O.C11H12O2.C6H6O.C5H8O2/c1-4-29-19(14-8-22-13(3)23-9-14)27-17-18(24-11-25-20(17)29)26-15-5-6-28(10-15)21(30)16-7-12(16)2;1-8-7-10(8)11(12)13-9-5-3-2-4-6-9;7-6-4-2-1-3-5-6;1-3-2-4(3)5(6)7/h8-9,11-12,15-16H,4-7,10H2,1-3H3,(H,24,25,26);2-6,8,10H,7H2,1H3;1-5,7H;3-4H,2H2,1H3,(H,6,7)/t12-,15+,16-;8-,10-;;/m11../s1. The molecular formula is C43H52N8O6. The molecule has 4 heterocycles. The number of ether oxygens (including phenoxy) is 1. The van der Waals surface area contributed by atoms with E-state index in [1.165, 1.54) is 0 Å². The van der Waals surface area contributed by atoms with Crippen molar-refractivity contribution in [2.45, 2.75) is 72.9 Å². The van der Waals surface area contributed by atoms with Gasteiger partial charge in [0.15, 0.2) is 17.0 Å². The largest absolute Gasteiger partial charge is 0.508 e. The summed E-state index contributed by atoms with van der Waals surface area (Å²) in [5, 5.41) is 20.4. The van der Waals surface area contributed by atoms with Crippen LogP contribution in [0.15, 0.2) is 79.4 Å². The predicted octanol–water partition coefficient (Wildman–Crippen LogP) is 6.65. The number of fused-ring (bicyclic) bond motifs is 1. The molecule has 0 radical (unpaired) electrons. The monoisotopic (exact) mass is 776 g/mol. The number of nitrogens with zero attached hydrogens (tertiary/aromatic N) is 7. The van der Waals surface area contributed by atoms with Crippen molar-refractivity contribution in [1.82, 2.24) is 34.4 Å². The zero-order chi connectivity index (χ0) is 40.6. The molecule has 1 aliphatic heterocycles. The molecule has 7 atom stereocenters. The maximum atomic E-state index is 12.5. The number of carboxylic acid groups (broad SMARTS) is 1. The molecule has 2 unspecified atom stereocenters. The normalized spacial score (nSPS) is 23.7. The van der Waals surface area contributed by atoms with Crippen LogP contribution in [0.2, 0.25) is 0 Å². The van der Waals surface area contributed by atoms with Gasteiger partial charge in [-0.25, -0.2) is 24.9 Å². The fourth-order valence-electron chi connectivity index (χ4n) is 6.67. The van der Waals surface area contributed by atoms with Crippen LogP contribution in [-0.2, 0) is 20.9 Å². The number of esters is 1. The third-order valence-corrected chi connectivity index (χ3v) is 10.7. The molecule has 3 aliphatic carbocycles. The second kappa shape index (κ2) is 18.4. The van der Waals surface area contributed by atoms with Crippen LogP contribution in [0.1, 0.15) is 59.2 Å².